The molecule has 0 radical (unpaired) electrons. The van der Waals surface area contributed by atoms with E-state index >= 15 is 0 Å². The highest BCUT2D eigenvalue weighted by Gasteiger charge is 2.53. The Bertz CT molecular complexity index is 307. The molecule has 3 nitrogen and oxygen atoms in total. The van der Waals surface area contributed by atoms with Gasteiger partial charge in [-0.2, -0.15) is 0 Å². The number of aliphatic hydroxyl groups excluding tert-OH is 1. The van der Waals surface area contributed by atoms with Crippen LogP contribution in [0.3, 0.4) is 0 Å². The quantitative estimate of drug-likeness (QED) is 0.736. The molecule has 0 aromatic carbocycles. The van der Waals surface area contributed by atoms with Gasteiger partial charge in [0.1, 0.15) is 6.10 Å². The average Bonchev–Trinajstić information content (AvgIpc) is 2.43. The SMILES string of the molecule is C=C=C[C@@]1(N)[C@H](O)[C@@H](CC(C)C)O[C@H]1C(C)C. The van der Waals surface area contributed by atoms with Crippen molar-refractivity contribution < 1.29 is 9.84 Å². The van der Waals surface area contributed by atoms with Gasteiger partial charge in [-0.1, -0.05) is 34.3 Å². The van der Waals surface area contributed by atoms with Crippen LogP contribution in [-0.4, -0.2) is 29.0 Å². The fourth-order valence-electron chi connectivity index (χ4n) is 2.60. The zero-order valence-corrected chi connectivity index (χ0v) is 11.3. The average molecular weight is 239 g/mol. The molecule has 1 saturated heterocycles. The summed E-state index contributed by atoms with van der Waals surface area (Å²) >= 11 is 0. The first-order valence-corrected chi connectivity index (χ1v) is 6.32. The van der Waals surface area contributed by atoms with Crippen LogP contribution in [0.15, 0.2) is 18.4 Å². The molecule has 17 heavy (non-hydrogen) atoms. The number of hydrogen-bond donors (Lipinski definition) is 2. The molecule has 0 aromatic heterocycles. The van der Waals surface area contributed by atoms with Gasteiger partial charge in [-0.25, -0.2) is 0 Å². The van der Waals surface area contributed by atoms with E-state index in [4.69, 9.17) is 10.5 Å². The molecule has 0 spiro atoms. The van der Waals surface area contributed by atoms with Crippen LogP contribution in [0.5, 0.6) is 0 Å². The monoisotopic (exact) mass is 239 g/mol. The molecule has 3 N–H and O–H groups in total. The van der Waals surface area contributed by atoms with Crippen LogP contribution in [0.2, 0.25) is 0 Å². The van der Waals surface area contributed by atoms with E-state index in [2.05, 4.69) is 26.2 Å². The second-order valence-electron chi connectivity index (χ2n) is 5.76. The lowest BCUT2D eigenvalue weighted by Crippen LogP contribution is -2.56. The third kappa shape index (κ3) is 2.80. The van der Waals surface area contributed by atoms with Gasteiger partial charge in [0.15, 0.2) is 0 Å². The van der Waals surface area contributed by atoms with Crippen LogP contribution in [0.25, 0.3) is 0 Å². The lowest BCUT2D eigenvalue weighted by Gasteiger charge is -2.30. The third-order valence-electron chi connectivity index (χ3n) is 3.34. The third-order valence-corrected chi connectivity index (χ3v) is 3.34. The Labute approximate surface area is 104 Å². The standard InChI is InChI=1S/C14H25NO2/c1-6-7-14(15)12(16)11(8-9(2)3)17-13(14)10(4)5/h7,9-13,16H,1,8,15H2,2-5H3/t11-,12-,13+,14-/m1/s1. The minimum Gasteiger partial charge on any atom is -0.388 e. The summed E-state index contributed by atoms with van der Waals surface area (Å²) in [5.74, 6) is 0.717. The Morgan fingerprint density at radius 1 is 1.47 bits per heavy atom. The maximum absolute atomic E-state index is 10.4. The van der Waals surface area contributed by atoms with Crippen molar-refractivity contribution in [3.05, 3.63) is 18.4 Å². The summed E-state index contributed by atoms with van der Waals surface area (Å²) in [6.45, 7) is 11.9. The van der Waals surface area contributed by atoms with Crippen molar-refractivity contribution in [3.63, 3.8) is 0 Å². The van der Waals surface area contributed by atoms with Crippen molar-refractivity contribution in [3.8, 4) is 0 Å². The van der Waals surface area contributed by atoms with Gasteiger partial charge in [-0.15, -0.1) is 5.73 Å². The molecule has 1 aliphatic rings. The van der Waals surface area contributed by atoms with Gasteiger partial charge in [0.2, 0.25) is 0 Å². The predicted molar refractivity (Wildman–Crippen MR) is 69.6 cm³/mol. The topological polar surface area (TPSA) is 55.5 Å². The van der Waals surface area contributed by atoms with Gasteiger partial charge in [0.25, 0.3) is 0 Å². The Morgan fingerprint density at radius 3 is 2.47 bits per heavy atom. The van der Waals surface area contributed by atoms with Crippen molar-refractivity contribution in [2.45, 2.75) is 58.0 Å². The number of hydrogen-bond acceptors (Lipinski definition) is 3. The molecule has 4 atom stereocenters. The zero-order chi connectivity index (χ0) is 13.2. The Morgan fingerprint density at radius 2 is 2.06 bits per heavy atom. The maximum atomic E-state index is 10.4. The summed E-state index contributed by atoms with van der Waals surface area (Å²) in [7, 11) is 0. The highest BCUT2D eigenvalue weighted by atomic mass is 16.5. The summed E-state index contributed by atoms with van der Waals surface area (Å²) < 4.78 is 5.94. The van der Waals surface area contributed by atoms with E-state index in [1.807, 2.05) is 13.8 Å². The number of rotatable bonds is 4. The lowest BCUT2D eigenvalue weighted by atomic mass is 9.81. The molecule has 3 heteroatoms. The molecule has 1 heterocycles. The van der Waals surface area contributed by atoms with Crippen LogP contribution in [0.4, 0.5) is 0 Å². The predicted octanol–water partition coefficient (Wildman–Crippen LogP) is 1.86. The fourth-order valence-corrected chi connectivity index (χ4v) is 2.60. The molecule has 98 valence electrons. The van der Waals surface area contributed by atoms with Crippen LogP contribution in [0, 0.1) is 11.8 Å². The summed E-state index contributed by atoms with van der Waals surface area (Å²) in [5, 5.41) is 10.4. The second kappa shape index (κ2) is 5.36. The van der Waals surface area contributed by atoms with E-state index in [0.717, 1.165) is 6.42 Å². The summed E-state index contributed by atoms with van der Waals surface area (Å²) in [6, 6.07) is 0. The number of ether oxygens (including phenoxy) is 1. The van der Waals surface area contributed by atoms with Crippen LogP contribution >= 0.6 is 0 Å². The van der Waals surface area contributed by atoms with E-state index in [9.17, 15) is 5.11 Å². The summed E-state index contributed by atoms with van der Waals surface area (Å²) in [4.78, 5) is 0. The first-order chi connectivity index (χ1) is 7.82. The molecule has 0 aliphatic carbocycles. The lowest BCUT2D eigenvalue weighted by molar-refractivity contribution is -0.0168. The molecule has 1 fully saturated rings. The van der Waals surface area contributed by atoms with E-state index in [-0.39, 0.29) is 18.1 Å². The molecule has 0 saturated carbocycles. The number of aliphatic hydroxyl groups is 1. The second-order valence-corrected chi connectivity index (χ2v) is 5.76. The van der Waals surface area contributed by atoms with Crippen molar-refractivity contribution in [2.24, 2.45) is 17.6 Å². The smallest absolute Gasteiger partial charge is 0.105 e. The van der Waals surface area contributed by atoms with Gasteiger partial charge < -0.3 is 15.6 Å². The van der Waals surface area contributed by atoms with Gasteiger partial charge >= 0.3 is 0 Å². The van der Waals surface area contributed by atoms with Gasteiger partial charge in [-0.05, 0) is 24.3 Å². The molecule has 0 amide bonds. The highest BCUT2D eigenvalue weighted by Crippen LogP contribution is 2.36. The van der Waals surface area contributed by atoms with Gasteiger partial charge in [0, 0.05) is 0 Å². The molecule has 0 unspecified atom stereocenters. The van der Waals surface area contributed by atoms with E-state index in [1.165, 1.54) is 0 Å². The van der Waals surface area contributed by atoms with E-state index in [0.29, 0.717) is 5.92 Å². The maximum Gasteiger partial charge on any atom is 0.105 e. The van der Waals surface area contributed by atoms with Crippen LogP contribution < -0.4 is 5.73 Å². The minimum atomic E-state index is -0.866. The van der Waals surface area contributed by atoms with Crippen molar-refractivity contribution in [1.29, 1.82) is 0 Å². The molecular weight excluding hydrogens is 214 g/mol. The van der Waals surface area contributed by atoms with Crippen LogP contribution in [0.1, 0.15) is 34.1 Å². The fraction of sp³-hybridized carbons (Fsp3) is 0.786. The Hall–Kier alpha value is -0.600. The zero-order valence-electron chi connectivity index (χ0n) is 11.3. The molecule has 0 bridgehead atoms. The number of nitrogens with two attached hydrogens (primary N) is 1. The first kappa shape index (κ1) is 14.5. The van der Waals surface area contributed by atoms with Gasteiger partial charge in [0.05, 0.1) is 17.7 Å². The molecule has 0 aromatic rings. The molecule has 1 aliphatic heterocycles. The Balaban J connectivity index is 2.97. The first-order valence-electron chi connectivity index (χ1n) is 6.32. The summed E-state index contributed by atoms with van der Waals surface area (Å²) in [5.41, 5.74) is 8.13. The molecule has 1 rings (SSSR count). The van der Waals surface area contributed by atoms with Crippen molar-refractivity contribution in [1.82, 2.24) is 0 Å². The van der Waals surface area contributed by atoms with E-state index < -0.39 is 11.6 Å². The summed E-state index contributed by atoms with van der Waals surface area (Å²) in [6.07, 6.45) is 1.40. The van der Waals surface area contributed by atoms with Crippen molar-refractivity contribution in [2.75, 3.05) is 0 Å². The van der Waals surface area contributed by atoms with Crippen molar-refractivity contribution >= 4 is 0 Å². The van der Waals surface area contributed by atoms with Crippen LogP contribution in [-0.2, 0) is 4.74 Å². The van der Waals surface area contributed by atoms with E-state index in [1.54, 1.807) is 6.08 Å². The normalized spacial score (nSPS) is 37.5. The minimum absolute atomic E-state index is 0.185. The largest absolute Gasteiger partial charge is 0.388 e. The molecular formula is C14H25NO2. The Kier molecular flexibility index (Phi) is 4.56. The highest BCUT2D eigenvalue weighted by molar-refractivity contribution is 5.18. The van der Waals surface area contributed by atoms with Gasteiger partial charge in [-0.3, -0.25) is 0 Å².